The number of hydrogen-bond acceptors (Lipinski definition) is 4. The number of likely N-dealkylation sites (tertiary alicyclic amines) is 1. The molecule has 0 unspecified atom stereocenters. The number of thiophene rings is 1. The molecule has 0 saturated carbocycles. The largest absolute Gasteiger partial charge is 0.504 e. The zero-order valence-corrected chi connectivity index (χ0v) is 14.1. The van der Waals surface area contributed by atoms with E-state index in [9.17, 15) is 10.2 Å². The molecular formula is C19H23NO2S. The van der Waals surface area contributed by atoms with E-state index < -0.39 is 0 Å². The number of rotatable bonds is 3. The zero-order valence-electron chi connectivity index (χ0n) is 13.2. The number of benzene rings is 1. The molecule has 1 aromatic carbocycles. The van der Waals surface area contributed by atoms with Crippen LogP contribution in [0.5, 0.6) is 11.5 Å². The van der Waals surface area contributed by atoms with Crippen LogP contribution in [0.2, 0.25) is 0 Å². The van der Waals surface area contributed by atoms with Crippen molar-refractivity contribution in [2.45, 2.75) is 44.1 Å². The monoisotopic (exact) mass is 329 g/mol. The Kier molecular flexibility index (Phi) is 4.04. The van der Waals surface area contributed by atoms with E-state index in [0.29, 0.717) is 12.0 Å². The third kappa shape index (κ3) is 2.74. The second kappa shape index (κ2) is 6.17. The van der Waals surface area contributed by atoms with E-state index in [1.807, 2.05) is 17.4 Å². The van der Waals surface area contributed by atoms with Gasteiger partial charge in [0.2, 0.25) is 0 Å². The van der Waals surface area contributed by atoms with Gasteiger partial charge in [0, 0.05) is 23.0 Å². The van der Waals surface area contributed by atoms with Crippen LogP contribution in [-0.2, 0) is 12.8 Å². The molecule has 0 bridgehead atoms. The SMILES string of the molecule is Oc1ccc2c(c1O)CC[C@H]1[C@H]2CCCN1CCc1cccs1. The molecule has 1 aliphatic heterocycles. The molecule has 1 aromatic heterocycles. The van der Waals surface area contributed by atoms with Gasteiger partial charge in [0.05, 0.1) is 0 Å². The zero-order chi connectivity index (χ0) is 15.8. The average Bonchev–Trinajstić information content (AvgIpc) is 3.09. The van der Waals surface area contributed by atoms with Gasteiger partial charge in [-0.05, 0) is 67.6 Å². The van der Waals surface area contributed by atoms with Crippen LogP contribution in [0.4, 0.5) is 0 Å². The molecule has 4 rings (SSSR count). The summed E-state index contributed by atoms with van der Waals surface area (Å²) in [5.74, 6) is 0.631. The van der Waals surface area contributed by atoms with E-state index in [-0.39, 0.29) is 11.5 Å². The minimum Gasteiger partial charge on any atom is -0.504 e. The molecule has 2 aliphatic rings. The molecule has 2 atom stereocenters. The van der Waals surface area contributed by atoms with Crippen molar-refractivity contribution in [3.8, 4) is 11.5 Å². The van der Waals surface area contributed by atoms with Crippen molar-refractivity contribution in [2.24, 2.45) is 0 Å². The summed E-state index contributed by atoms with van der Waals surface area (Å²) < 4.78 is 0. The summed E-state index contributed by atoms with van der Waals surface area (Å²) in [4.78, 5) is 4.12. The number of phenols is 2. The maximum Gasteiger partial charge on any atom is 0.160 e. The van der Waals surface area contributed by atoms with Crippen LogP contribution >= 0.6 is 11.3 Å². The molecule has 4 heteroatoms. The number of fused-ring (bicyclic) bond motifs is 3. The molecule has 1 fully saturated rings. The summed E-state index contributed by atoms with van der Waals surface area (Å²) in [7, 11) is 0. The molecule has 1 saturated heterocycles. The quantitative estimate of drug-likeness (QED) is 0.840. The van der Waals surface area contributed by atoms with Gasteiger partial charge in [0.1, 0.15) is 0 Å². The highest BCUT2D eigenvalue weighted by molar-refractivity contribution is 7.09. The fraction of sp³-hybridized carbons (Fsp3) is 0.474. The molecule has 122 valence electrons. The molecule has 2 heterocycles. The van der Waals surface area contributed by atoms with Crippen molar-refractivity contribution in [2.75, 3.05) is 13.1 Å². The second-order valence-electron chi connectivity index (χ2n) is 6.72. The Labute approximate surface area is 141 Å². The van der Waals surface area contributed by atoms with Crippen LogP contribution in [-0.4, -0.2) is 34.2 Å². The lowest BCUT2D eigenvalue weighted by molar-refractivity contribution is 0.113. The second-order valence-corrected chi connectivity index (χ2v) is 7.75. The van der Waals surface area contributed by atoms with Gasteiger partial charge in [-0.25, -0.2) is 0 Å². The predicted octanol–water partition coefficient (Wildman–Crippen LogP) is 3.90. The molecule has 0 radical (unpaired) electrons. The van der Waals surface area contributed by atoms with Crippen molar-refractivity contribution in [1.29, 1.82) is 0 Å². The average molecular weight is 329 g/mol. The van der Waals surface area contributed by atoms with Gasteiger partial charge < -0.3 is 10.2 Å². The maximum atomic E-state index is 10.2. The standard InChI is InChI=1S/C19H23NO2S/c21-18-8-6-14-15-4-1-10-20(11-9-13-3-2-12-23-13)17(15)7-5-16(14)19(18)22/h2-3,6,8,12,15,17,21-22H,1,4-5,7,9-11H2/t15-,17-/m0/s1. The summed E-state index contributed by atoms with van der Waals surface area (Å²) in [6.07, 6.45) is 5.49. The molecule has 2 N–H and O–H groups in total. The van der Waals surface area contributed by atoms with E-state index in [1.165, 1.54) is 29.8 Å². The fourth-order valence-electron chi connectivity index (χ4n) is 4.40. The molecule has 3 nitrogen and oxygen atoms in total. The summed E-state index contributed by atoms with van der Waals surface area (Å²) in [6, 6.07) is 8.62. The van der Waals surface area contributed by atoms with E-state index >= 15 is 0 Å². The number of piperidine rings is 1. The highest BCUT2D eigenvalue weighted by Crippen LogP contribution is 2.45. The Hall–Kier alpha value is -1.52. The smallest absolute Gasteiger partial charge is 0.160 e. The lowest BCUT2D eigenvalue weighted by Gasteiger charge is -2.45. The first kappa shape index (κ1) is 15.0. The van der Waals surface area contributed by atoms with Crippen molar-refractivity contribution in [1.82, 2.24) is 4.90 Å². The number of hydrogen-bond donors (Lipinski definition) is 2. The van der Waals surface area contributed by atoms with Crippen LogP contribution in [0.15, 0.2) is 29.6 Å². The van der Waals surface area contributed by atoms with E-state index in [1.54, 1.807) is 6.07 Å². The first-order chi connectivity index (χ1) is 11.2. The van der Waals surface area contributed by atoms with E-state index in [0.717, 1.165) is 31.4 Å². The summed E-state index contributed by atoms with van der Waals surface area (Å²) in [5, 5.41) is 22.1. The first-order valence-electron chi connectivity index (χ1n) is 8.54. The Balaban J connectivity index is 1.54. The Morgan fingerprint density at radius 3 is 2.91 bits per heavy atom. The lowest BCUT2D eigenvalue weighted by atomic mass is 9.74. The molecular weight excluding hydrogens is 306 g/mol. The maximum absolute atomic E-state index is 10.2. The number of phenolic OH excluding ortho intramolecular Hbond substituents is 2. The summed E-state index contributed by atoms with van der Waals surface area (Å²) in [6.45, 7) is 2.31. The number of aromatic hydroxyl groups is 2. The topological polar surface area (TPSA) is 43.7 Å². The van der Waals surface area contributed by atoms with Gasteiger partial charge in [0.25, 0.3) is 0 Å². The molecule has 1 aliphatic carbocycles. The van der Waals surface area contributed by atoms with E-state index in [2.05, 4.69) is 22.4 Å². The van der Waals surface area contributed by atoms with Gasteiger partial charge in [-0.2, -0.15) is 0 Å². The lowest BCUT2D eigenvalue weighted by Crippen LogP contribution is -2.47. The van der Waals surface area contributed by atoms with Gasteiger partial charge in [-0.3, -0.25) is 4.90 Å². The number of nitrogens with zero attached hydrogens (tertiary/aromatic N) is 1. The van der Waals surface area contributed by atoms with Gasteiger partial charge in [-0.1, -0.05) is 12.1 Å². The van der Waals surface area contributed by atoms with Crippen LogP contribution in [0.25, 0.3) is 0 Å². The van der Waals surface area contributed by atoms with Gasteiger partial charge in [-0.15, -0.1) is 11.3 Å². The van der Waals surface area contributed by atoms with Crippen molar-refractivity contribution >= 4 is 11.3 Å². The van der Waals surface area contributed by atoms with Gasteiger partial charge >= 0.3 is 0 Å². The highest BCUT2D eigenvalue weighted by atomic mass is 32.1. The molecule has 0 spiro atoms. The van der Waals surface area contributed by atoms with Gasteiger partial charge in [0.15, 0.2) is 11.5 Å². The minimum atomic E-state index is 0.0209. The highest BCUT2D eigenvalue weighted by Gasteiger charge is 2.37. The van der Waals surface area contributed by atoms with Crippen LogP contribution in [0.1, 0.15) is 41.2 Å². The van der Waals surface area contributed by atoms with E-state index in [4.69, 9.17) is 0 Å². The van der Waals surface area contributed by atoms with Crippen molar-refractivity contribution in [3.05, 3.63) is 45.6 Å². The third-order valence-corrected chi connectivity index (χ3v) is 6.44. The summed E-state index contributed by atoms with van der Waals surface area (Å²) >= 11 is 1.85. The molecule has 0 amide bonds. The van der Waals surface area contributed by atoms with Crippen LogP contribution in [0.3, 0.4) is 0 Å². The molecule has 2 aromatic rings. The minimum absolute atomic E-state index is 0.0209. The molecule has 23 heavy (non-hydrogen) atoms. The van der Waals surface area contributed by atoms with Crippen molar-refractivity contribution in [3.63, 3.8) is 0 Å². The predicted molar refractivity (Wildman–Crippen MR) is 93.5 cm³/mol. The Morgan fingerprint density at radius 1 is 1.17 bits per heavy atom. The van der Waals surface area contributed by atoms with Crippen LogP contribution < -0.4 is 0 Å². The third-order valence-electron chi connectivity index (χ3n) is 5.51. The Bertz CT molecular complexity index is 683. The summed E-state index contributed by atoms with van der Waals surface area (Å²) in [5.41, 5.74) is 2.24. The first-order valence-corrected chi connectivity index (χ1v) is 9.42. The normalized spacial score (nSPS) is 24.2. The fourth-order valence-corrected chi connectivity index (χ4v) is 5.10. The van der Waals surface area contributed by atoms with Crippen LogP contribution in [0, 0.1) is 0 Å². The Morgan fingerprint density at radius 2 is 2.09 bits per heavy atom. The van der Waals surface area contributed by atoms with Crippen molar-refractivity contribution < 1.29 is 10.2 Å².